The van der Waals surface area contributed by atoms with Gasteiger partial charge in [0.1, 0.15) is 13.2 Å². The van der Waals surface area contributed by atoms with Crippen LogP contribution in [0.3, 0.4) is 0 Å². The number of carbonyl (C=O) groups excluding carboxylic acids is 7. The van der Waals surface area contributed by atoms with E-state index in [0.717, 1.165) is 41.5 Å². The van der Waals surface area contributed by atoms with E-state index in [-0.39, 0.29) is 13.2 Å². The van der Waals surface area contributed by atoms with Gasteiger partial charge in [0.2, 0.25) is 6.10 Å². The summed E-state index contributed by atoms with van der Waals surface area (Å²) in [7, 11) is 0. The van der Waals surface area contributed by atoms with Gasteiger partial charge in [-0.15, -0.1) is 0 Å². The molecule has 0 aliphatic carbocycles. The van der Waals surface area contributed by atoms with Gasteiger partial charge in [-0.25, -0.2) is 0 Å². The lowest BCUT2D eigenvalue weighted by Gasteiger charge is -2.34. The molecule has 1 N–H and O–H groups in total. The van der Waals surface area contributed by atoms with E-state index in [1.54, 1.807) is 0 Å². The van der Waals surface area contributed by atoms with Crippen LogP contribution in [0.4, 0.5) is 0 Å². The number of hydrogen-bond acceptors (Lipinski definition) is 13. The molecule has 0 aliphatic heterocycles. The Morgan fingerprint density at radius 2 is 1.06 bits per heavy atom. The van der Waals surface area contributed by atoms with Crippen LogP contribution in [0.25, 0.3) is 0 Å². The molecule has 0 aromatic rings. The number of rotatable bonds is 13. The largest absolute Gasteiger partial charge is 0.464 e. The van der Waals surface area contributed by atoms with Crippen LogP contribution in [0.15, 0.2) is 0 Å². The highest BCUT2D eigenvalue weighted by Crippen LogP contribution is 2.20. The molecule has 0 unspecified atom stereocenters. The maximum atomic E-state index is 12.8. The lowest BCUT2D eigenvalue weighted by Crippen LogP contribution is -2.57. The Morgan fingerprint density at radius 1 is 0.588 bits per heavy atom. The average molecular weight is 491 g/mol. The molecule has 34 heavy (non-hydrogen) atoms. The molecule has 4 atom stereocenters. The third-order valence-electron chi connectivity index (χ3n) is 3.62. The van der Waals surface area contributed by atoms with Crippen LogP contribution in [0, 0.1) is 0 Å². The Morgan fingerprint density at radius 3 is 1.50 bits per heavy atom. The van der Waals surface area contributed by atoms with Crippen molar-refractivity contribution in [3.8, 4) is 0 Å². The summed E-state index contributed by atoms with van der Waals surface area (Å²) in [5.74, 6) is -6.16. The monoisotopic (exact) mass is 491 g/mol. The molecule has 0 aromatic carbocycles. The summed E-state index contributed by atoms with van der Waals surface area (Å²) in [5.41, 5.74) is 0. The third-order valence-corrected chi connectivity index (χ3v) is 3.62. The summed E-state index contributed by atoms with van der Waals surface area (Å²) in [6.45, 7) is 5.07. The summed E-state index contributed by atoms with van der Waals surface area (Å²) in [4.78, 5) is 81.9. The van der Waals surface area contributed by atoms with Gasteiger partial charge >= 0.3 is 35.8 Å². The highest BCUT2D eigenvalue weighted by atomic mass is 16.6. The van der Waals surface area contributed by atoms with Gasteiger partial charge in [-0.1, -0.05) is 0 Å². The van der Waals surface area contributed by atoms with Gasteiger partial charge < -0.3 is 33.7 Å². The van der Waals surface area contributed by atoms with Gasteiger partial charge in [-0.05, 0) is 0 Å². The van der Waals surface area contributed by atoms with Gasteiger partial charge in [0.15, 0.2) is 18.3 Å². The average Bonchev–Trinajstić information content (AvgIpc) is 2.68. The number of amides is 1. The van der Waals surface area contributed by atoms with Gasteiger partial charge in [-0.3, -0.25) is 33.6 Å². The van der Waals surface area contributed by atoms with Gasteiger partial charge in [0.05, 0.1) is 6.54 Å². The van der Waals surface area contributed by atoms with Crippen molar-refractivity contribution in [2.75, 3.05) is 19.8 Å². The fourth-order valence-corrected chi connectivity index (χ4v) is 2.57. The number of ether oxygens (including phenoxy) is 6. The second kappa shape index (κ2) is 15.2. The van der Waals surface area contributed by atoms with E-state index < -0.39 is 72.7 Å². The maximum Gasteiger partial charge on any atom is 0.303 e. The predicted octanol–water partition coefficient (Wildman–Crippen LogP) is -1.04. The van der Waals surface area contributed by atoms with Crippen molar-refractivity contribution < 1.29 is 62.0 Å². The molecule has 14 heteroatoms. The van der Waals surface area contributed by atoms with Gasteiger partial charge in [-0.2, -0.15) is 0 Å². The van der Waals surface area contributed by atoms with Crippen LogP contribution in [0.2, 0.25) is 0 Å². The first-order valence-electron chi connectivity index (χ1n) is 9.97. The molecule has 0 bridgehead atoms. The molecule has 0 saturated heterocycles. The summed E-state index contributed by atoms with van der Waals surface area (Å²) in [5, 5.41) is 2.32. The quantitative estimate of drug-likeness (QED) is 0.187. The molecule has 0 rings (SSSR count). The lowest BCUT2D eigenvalue weighted by molar-refractivity contribution is -0.203. The highest BCUT2D eigenvalue weighted by Gasteiger charge is 2.46. The number of nitrogens with one attached hydrogen (secondary N) is 1. The minimum absolute atomic E-state index is 0.206. The molecule has 0 spiro atoms. The van der Waals surface area contributed by atoms with Crippen LogP contribution in [0.1, 0.15) is 41.5 Å². The van der Waals surface area contributed by atoms with E-state index in [9.17, 15) is 33.6 Å². The Balaban J connectivity index is 6.24. The van der Waals surface area contributed by atoms with E-state index in [2.05, 4.69) is 5.32 Å². The molecule has 192 valence electrons. The van der Waals surface area contributed by atoms with E-state index in [1.165, 1.54) is 0 Å². The minimum atomic E-state index is -1.90. The van der Waals surface area contributed by atoms with Crippen LogP contribution < -0.4 is 5.32 Å². The van der Waals surface area contributed by atoms with E-state index >= 15 is 0 Å². The Bertz CT molecular complexity index is 778. The smallest absolute Gasteiger partial charge is 0.303 e. The Kier molecular flexibility index (Phi) is 13.5. The van der Waals surface area contributed by atoms with E-state index in [4.69, 9.17) is 28.4 Å². The zero-order valence-electron chi connectivity index (χ0n) is 19.7. The fraction of sp³-hybridized carbons (Fsp3) is 0.650. The van der Waals surface area contributed by atoms with Crippen LogP contribution in [0.5, 0.6) is 0 Å². The third kappa shape index (κ3) is 13.0. The molecule has 0 aliphatic rings. The number of esters is 6. The van der Waals surface area contributed by atoms with Crippen LogP contribution in [-0.2, 0) is 62.0 Å². The van der Waals surface area contributed by atoms with Crippen molar-refractivity contribution in [3.63, 3.8) is 0 Å². The summed E-state index contributed by atoms with van der Waals surface area (Å²) >= 11 is 0. The first-order chi connectivity index (χ1) is 15.7. The SMILES string of the molecule is CC(=O)OCCNC(=O)[C@H](OC(C)=O)[C@@H](OC(C)=O)[C@H](OC(C)=O)[C@@H](COC(C)=O)OC(C)=O. The van der Waals surface area contributed by atoms with Crippen molar-refractivity contribution in [2.45, 2.75) is 66.0 Å². The van der Waals surface area contributed by atoms with Crippen LogP contribution in [-0.4, -0.2) is 85.9 Å². The zero-order valence-corrected chi connectivity index (χ0v) is 19.7. The Hall–Kier alpha value is -3.71. The molecule has 0 fully saturated rings. The lowest BCUT2D eigenvalue weighted by atomic mass is 10.0. The molecular formula is C20H29NO13. The van der Waals surface area contributed by atoms with Crippen molar-refractivity contribution >= 4 is 41.7 Å². The second-order valence-corrected chi connectivity index (χ2v) is 6.76. The van der Waals surface area contributed by atoms with Crippen molar-refractivity contribution in [1.82, 2.24) is 5.32 Å². The van der Waals surface area contributed by atoms with Gasteiger partial charge in [0.25, 0.3) is 5.91 Å². The highest BCUT2D eigenvalue weighted by molar-refractivity contribution is 5.84. The summed E-state index contributed by atoms with van der Waals surface area (Å²) in [6, 6.07) is 0. The molecule has 1 amide bonds. The molecular weight excluding hydrogens is 462 g/mol. The van der Waals surface area contributed by atoms with E-state index in [1.807, 2.05) is 0 Å². The van der Waals surface area contributed by atoms with E-state index in [0.29, 0.717) is 0 Å². The maximum absolute atomic E-state index is 12.8. The summed E-state index contributed by atoms with van der Waals surface area (Å²) < 4.78 is 29.9. The van der Waals surface area contributed by atoms with Crippen molar-refractivity contribution in [3.05, 3.63) is 0 Å². The van der Waals surface area contributed by atoms with Crippen molar-refractivity contribution in [2.24, 2.45) is 0 Å². The standard InChI is InChI=1S/C20H29NO13/c1-10(22)29-8-7-21-20(28)19(34-15(6)27)18(33-14(5)26)17(32-13(4)25)16(31-12(3)24)9-30-11(2)23/h16-19H,7-9H2,1-6H3,(H,21,28)/t16-,17-,18+,19-/m1/s1. The second-order valence-electron chi connectivity index (χ2n) is 6.76. The Labute approximate surface area is 195 Å². The number of carbonyl (C=O) groups is 7. The first kappa shape index (κ1) is 30.3. The summed E-state index contributed by atoms with van der Waals surface area (Å²) in [6.07, 6.45) is -7.04. The molecule has 0 aromatic heterocycles. The van der Waals surface area contributed by atoms with Crippen molar-refractivity contribution in [1.29, 1.82) is 0 Å². The molecule has 0 radical (unpaired) electrons. The minimum Gasteiger partial charge on any atom is -0.464 e. The normalized spacial score (nSPS) is 13.7. The molecule has 0 heterocycles. The first-order valence-corrected chi connectivity index (χ1v) is 9.97. The predicted molar refractivity (Wildman–Crippen MR) is 108 cm³/mol. The van der Waals surface area contributed by atoms with Crippen LogP contribution >= 0.6 is 0 Å². The topological polar surface area (TPSA) is 187 Å². The fourth-order valence-electron chi connectivity index (χ4n) is 2.57. The number of hydrogen-bond donors (Lipinski definition) is 1. The van der Waals surface area contributed by atoms with Gasteiger partial charge in [0, 0.05) is 41.5 Å². The zero-order chi connectivity index (χ0) is 26.4. The molecule has 14 nitrogen and oxygen atoms in total. The molecule has 0 saturated carbocycles.